The number of carbonyl (C=O) groups is 1. The van der Waals surface area contributed by atoms with Gasteiger partial charge in [-0.2, -0.15) is 0 Å². The molecule has 0 N–H and O–H groups in total. The van der Waals surface area contributed by atoms with Gasteiger partial charge in [0.2, 0.25) is 0 Å². The van der Waals surface area contributed by atoms with Gasteiger partial charge in [0.15, 0.2) is 0 Å². The van der Waals surface area contributed by atoms with Gasteiger partial charge in [0.25, 0.3) is 0 Å². The summed E-state index contributed by atoms with van der Waals surface area (Å²) in [7, 11) is -0.172. The fourth-order valence-corrected chi connectivity index (χ4v) is 1.87. The molecule has 0 saturated heterocycles. The van der Waals surface area contributed by atoms with Gasteiger partial charge in [0.05, 0.1) is 16.9 Å². The first-order chi connectivity index (χ1) is 4.34. The minimum atomic E-state index is -0.172. The first-order valence-electron chi connectivity index (χ1n) is 2.94. The van der Waals surface area contributed by atoms with Crippen molar-refractivity contribution in [2.75, 3.05) is 0 Å². The van der Waals surface area contributed by atoms with Gasteiger partial charge in [-0.25, -0.2) is 4.79 Å². The van der Waals surface area contributed by atoms with E-state index < -0.39 is 0 Å². The molecule has 2 heteroatoms. The Hall–Kier alpha value is -0.630. The van der Waals surface area contributed by atoms with Crippen LogP contribution in [0.25, 0.3) is 0 Å². The summed E-state index contributed by atoms with van der Waals surface area (Å²) >= 11 is 0. The zero-order chi connectivity index (χ0) is 6.69. The Labute approximate surface area is 57.3 Å². The largest absolute Gasteiger partial charge is 0.354 e. The standard InChI is InChI=1S/C7H9OS/c1-2-7(8)9-5-3-4-6-9/h3-6H,2H2,1H3/q+1. The van der Waals surface area contributed by atoms with Crippen molar-refractivity contribution in [3.05, 3.63) is 22.9 Å². The van der Waals surface area contributed by atoms with E-state index in [0.29, 0.717) is 11.5 Å². The Bertz CT molecular complexity index is 189. The molecular formula is C7H9OS+. The SMILES string of the molecule is CCC(=O)[s+]1cccc1. The van der Waals surface area contributed by atoms with Crippen molar-refractivity contribution >= 4 is 15.6 Å². The number of thiophene rings is 1. The average Bonchev–Trinajstić information content (AvgIpc) is 2.37. The summed E-state index contributed by atoms with van der Waals surface area (Å²) in [5.41, 5.74) is 0. The molecule has 1 aromatic heterocycles. The molecule has 0 amide bonds. The van der Waals surface area contributed by atoms with Crippen LogP contribution in [0.2, 0.25) is 0 Å². The second kappa shape index (κ2) is 2.78. The molecule has 0 aliphatic heterocycles. The van der Waals surface area contributed by atoms with Crippen molar-refractivity contribution in [2.24, 2.45) is 0 Å². The highest BCUT2D eigenvalue weighted by Crippen LogP contribution is 2.18. The van der Waals surface area contributed by atoms with Gasteiger partial charge in [-0.15, -0.1) is 0 Å². The van der Waals surface area contributed by atoms with E-state index in [1.54, 1.807) is 0 Å². The third-order valence-electron chi connectivity index (χ3n) is 1.11. The third kappa shape index (κ3) is 1.39. The van der Waals surface area contributed by atoms with Crippen molar-refractivity contribution in [1.82, 2.24) is 0 Å². The Morgan fingerprint density at radius 2 is 2.00 bits per heavy atom. The number of carbonyl (C=O) groups excluding carboxylic acids is 1. The van der Waals surface area contributed by atoms with E-state index in [1.807, 2.05) is 29.8 Å². The molecule has 1 nitrogen and oxygen atoms in total. The van der Waals surface area contributed by atoms with Crippen molar-refractivity contribution < 1.29 is 4.79 Å². The van der Waals surface area contributed by atoms with Crippen LogP contribution in [0, 0.1) is 0 Å². The zero-order valence-corrected chi connectivity index (χ0v) is 6.15. The topological polar surface area (TPSA) is 17.1 Å². The molecule has 0 aromatic carbocycles. The molecule has 1 aromatic rings. The smallest absolute Gasteiger partial charge is 0.231 e. The maximum atomic E-state index is 10.9. The van der Waals surface area contributed by atoms with Crippen LogP contribution >= 0.6 is 10.5 Å². The van der Waals surface area contributed by atoms with Gasteiger partial charge in [-0.1, -0.05) is 6.92 Å². The monoisotopic (exact) mass is 141 g/mol. The fraction of sp³-hybridized carbons (Fsp3) is 0.286. The Morgan fingerprint density at radius 3 is 2.44 bits per heavy atom. The van der Waals surface area contributed by atoms with Gasteiger partial charge < -0.3 is 0 Å². The molecule has 0 aliphatic rings. The Balaban J connectivity index is 2.77. The van der Waals surface area contributed by atoms with Gasteiger partial charge in [-0.3, -0.25) is 0 Å². The van der Waals surface area contributed by atoms with Crippen molar-refractivity contribution in [3.63, 3.8) is 0 Å². The van der Waals surface area contributed by atoms with E-state index in [-0.39, 0.29) is 10.5 Å². The molecule has 0 unspecified atom stereocenters. The highest BCUT2D eigenvalue weighted by Gasteiger charge is 2.10. The van der Waals surface area contributed by atoms with Crippen LogP contribution in [0.1, 0.15) is 18.1 Å². The van der Waals surface area contributed by atoms with Crippen LogP contribution in [0.3, 0.4) is 0 Å². The minimum absolute atomic E-state index is 0.172. The molecule has 0 fully saturated rings. The molecule has 0 radical (unpaired) electrons. The molecule has 0 bridgehead atoms. The van der Waals surface area contributed by atoms with Crippen LogP contribution in [0.5, 0.6) is 0 Å². The quantitative estimate of drug-likeness (QED) is 0.578. The summed E-state index contributed by atoms with van der Waals surface area (Å²) in [5, 5.41) is 4.23. The highest BCUT2D eigenvalue weighted by atomic mass is 32.2. The molecule has 48 valence electrons. The van der Waals surface area contributed by atoms with Crippen LogP contribution in [0.15, 0.2) is 22.9 Å². The first kappa shape index (κ1) is 6.49. The second-order valence-electron chi connectivity index (χ2n) is 1.75. The molecule has 0 saturated carbocycles. The van der Waals surface area contributed by atoms with Crippen molar-refractivity contribution in [1.29, 1.82) is 0 Å². The predicted molar refractivity (Wildman–Crippen MR) is 39.8 cm³/mol. The fourth-order valence-electron chi connectivity index (χ4n) is 0.624. The zero-order valence-electron chi connectivity index (χ0n) is 5.33. The minimum Gasteiger partial charge on any atom is -0.231 e. The molecule has 0 aliphatic carbocycles. The van der Waals surface area contributed by atoms with Gasteiger partial charge in [0.1, 0.15) is 10.8 Å². The average molecular weight is 141 g/mol. The van der Waals surface area contributed by atoms with Gasteiger partial charge in [0, 0.05) is 0 Å². The predicted octanol–water partition coefficient (Wildman–Crippen LogP) is 2.49. The molecular weight excluding hydrogens is 132 g/mol. The van der Waals surface area contributed by atoms with Crippen molar-refractivity contribution in [3.8, 4) is 0 Å². The summed E-state index contributed by atoms with van der Waals surface area (Å²) in [6.07, 6.45) is 0.651. The first-order valence-corrected chi connectivity index (χ1v) is 4.29. The summed E-state index contributed by atoms with van der Waals surface area (Å²) in [5.74, 6) is 0. The van der Waals surface area contributed by atoms with E-state index in [2.05, 4.69) is 0 Å². The van der Waals surface area contributed by atoms with Crippen LogP contribution < -0.4 is 0 Å². The van der Waals surface area contributed by atoms with E-state index in [1.165, 1.54) is 0 Å². The van der Waals surface area contributed by atoms with Crippen LogP contribution in [-0.4, -0.2) is 5.12 Å². The highest BCUT2D eigenvalue weighted by molar-refractivity contribution is 7.49. The lowest BCUT2D eigenvalue weighted by atomic mass is 10.6. The number of rotatable bonds is 2. The van der Waals surface area contributed by atoms with Gasteiger partial charge in [-0.05, 0) is 12.1 Å². The summed E-state index contributed by atoms with van der Waals surface area (Å²) in [6, 6.07) is 3.85. The molecule has 0 spiro atoms. The number of hydrogen-bond donors (Lipinski definition) is 0. The lowest BCUT2D eigenvalue weighted by Crippen LogP contribution is -1.82. The van der Waals surface area contributed by atoms with E-state index in [0.717, 1.165) is 0 Å². The second-order valence-corrected chi connectivity index (χ2v) is 3.50. The van der Waals surface area contributed by atoms with Crippen LogP contribution in [-0.2, 0) is 0 Å². The van der Waals surface area contributed by atoms with E-state index in [4.69, 9.17) is 0 Å². The lowest BCUT2D eigenvalue weighted by molar-refractivity contribution is 0.104. The normalized spacial score (nSPS) is 9.44. The van der Waals surface area contributed by atoms with Crippen molar-refractivity contribution in [2.45, 2.75) is 13.3 Å². The van der Waals surface area contributed by atoms with Crippen LogP contribution in [0.4, 0.5) is 0 Å². The lowest BCUT2D eigenvalue weighted by Gasteiger charge is -1.77. The summed E-state index contributed by atoms with van der Waals surface area (Å²) in [6.45, 7) is 1.90. The van der Waals surface area contributed by atoms with E-state index in [9.17, 15) is 4.79 Å². The maximum absolute atomic E-state index is 10.9. The molecule has 1 heterocycles. The third-order valence-corrected chi connectivity index (χ3v) is 2.83. The molecule has 9 heavy (non-hydrogen) atoms. The van der Waals surface area contributed by atoms with Gasteiger partial charge >= 0.3 is 5.12 Å². The number of hydrogen-bond acceptors (Lipinski definition) is 1. The Morgan fingerprint density at radius 1 is 1.44 bits per heavy atom. The molecule has 1 rings (SSSR count). The molecule has 0 atom stereocenters. The Kier molecular flexibility index (Phi) is 2.01. The summed E-state index contributed by atoms with van der Waals surface area (Å²) in [4.78, 5) is 10.9. The summed E-state index contributed by atoms with van der Waals surface area (Å²) < 4.78 is 0. The van der Waals surface area contributed by atoms with E-state index >= 15 is 0 Å². The maximum Gasteiger partial charge on any atom is 0.354 e.